The Labute approximate surface area is 125 Å². The lowest BCUT2D eigenvalue weighted by Gasteiger charge is -2.01. The molecule has 0 aliphatic rings. The molecule has 0 saturated carbocycles. The molecule has 21 heavy (non-hydrogen) atoms. The van der Waals surface area contributed by atoms with Crippen LogP contribution in [0.15, 0.2) is 42.0 Å². The van der Waals surface area contributed by atoms with Crippen LogP contribution in [-0.2, 0) is 11.8 Å². The lowest BCUT2D eigenvalue weighted by molar-refractivity contribution is 0.0601. The van der Waals surface area contributed by atoms with Gasteiger partial charge in [0.05, 0.1) is 24.6 Å². The Bertz CT molecular complexity index is 792. The van der Waals surface area contributed by atoms with Crippen LogP contribution in [0.1, 0.15) is 10.4 Å². The van der Waals surface area contributed by atoms with E-state index in [1.807, 2.05) is 30.8 Å². The number of thiazole rings is 1. The largest absolute Gasteiger partial charge is 0.465 e. The molecule has 0 radical (unpaired) electrons. The molecule has 3 aromatic rings. The molecule has 0 saturated heterocycles. The first-order valence-electron chi connectivity index (χ1n) is 6.30. The molecule has 3 rings (SSSR count). The number of aryl methyl sites for hydroxylation is 1. The number of ether oxygens (including phenoxy) is 1. The normalized spacial score (nSPS) is 10.6. The van der Waals surface area contributed by atoms with E-state index in [9.17, 15) is 4.79 Å². The van der Waals surface area contributed by atoms with Crippen LogP contribution in [0.5, 0.6) is 0 Å². The molecule has 1 aromatic carbocycles. The van der Waals surface area contributed by atoms with Crippen LogP contribution in [0.2, 0.25) is 0 Å². The number of hydrogen-bond donors (Lipinski definition) is 0. The third-order valence-corrected chi connectivity index (χ3v) is 3.93. The van der Waals surface area contributed by atoms with Crippen LogP contribution in [0.3, 0.4) is 0 Å². The van der Waals surface area contributed by atoms with Crippen molar-refractivity contribution >= 4 is 17.3 Å². The minimum Gasteiger partial charge on any atom is -0.465 e. The summed E-state index contributed by atoms with van der Waals surface area (Å²) in [4.78, 5) is 16.2. The predicted molar refractivity (Wildman–Crippen MR) is 81.1 cm³/mol. The molecule has 0 fully saturated rings. The van der Waals surface area contributed by atoms with E-state index in [0.717, 1.165) is 21.8 Å². The molecule has 0 aliphatic heterocycles. The zero-order valence-electron chi connectivity index (χ0n) is 11.6. The second kappa shape index (κ2) is 5.49. The highest BCUT2D eigenvalue weighted by Crippen LogP contribution is 2.28. The quantitative estimate of drug-likeness (QED) is 0.698. The number of carbonyl (C=O) groups is 1. The van der Waals surface area contributed by atoms with Crippen LogP contribution in [0, 0.1) is 0 Å². The number of aromatic nitrogens is 3. The lowest BCUT2D eigenvalue weighted by atomic mass is 10.1. The topological polar surface area (TPSA) is 57.0 Å². The van der Waals surface area contributed by atoms with E-state index in [1.54, 1.807) is 34.3 Å². The molecule has 0 spiro atoms. The van der Waals surface area contributed by atoms with Gasteiger partial charge in [0.1, 0.15) is 5.01 Å². The maximum absolute atomic E-state index is 11.6. The van der Waals surface area contributed by atoms with Gasteiger partial charge in [-0.1, -0.05) is 12.1 Å². The molecule has 0 N–H and O–H groups in total. The average Bonchev–Trinajstić information content (AvgIpc) is 3.15. The number of hydrogen-bond acceptors (Lipinski definition) is 5. The van der Waals surface area contributed by atoms with Gasteiger partial charge in [0, 0.05) is 29.8 Å². The highest BCUT2D eigenvalue weighted by Gasteiger charge is 2.11. The number of rotatable bonds is 3. The summed E-state index contributed by atoms with van der Waals surface area (Å²) in [5, 5.41) is 7.02. The zero-order chi connectivity index (χ0) is 14.8. The van der Waals surface area contributed by atoms with Crippen LogP contribution in [0.4, 0.5) is 0 Å². The van der Waals surface area contributed by atoms with Gasteiger partial charge in [-0.05, 0) is 12.1 Å². The van der Waals surface area contributed by atoms with E-state index in [1.165, 1.54) is 7.11 Å². The summed E-state index contributed by atoms with van der Waals surface area (Å²) in [5.41, 5.74) is 3.23. The molecule has 0 amide bonds. The van der Waals surface area contributed by atoms with E-state index < -0.39 is 0 Å². The highest BCUT2D eigenvalue weighted by molar-refractivity contribution is 7.13. The molecule has 6 heteroatoms. The van der Waals surface area contributed by atoms with Crippen molar-refractivity contribution < 1.29 is 9.53 Å². The number of methoxy groups -OCH3 is 1. The van der Waals surface area contributed by atoms with Crippen molar-refractivity contribution in [3.05, 3.63) is 47.6 Å². The Hall–Kier alpha value is -2.47. The van der Waals surface area contributed by atoms with E-state index in [0.29, 0.717) is 5.56 Å². The third kappa shape index (κ3) is 2.71. The highest BCUT2D eigenvalue weighted by atomic mass is 32.1. The van der Waals surface area contributed by atoms with Gasteiger partial charge in [-0.25, -0.2) is 9.78 Å². The maximum atomic E-state index is 11.6. The zero-order valence-corrected chi connectivity index (χ0v) is 12.4. The van der Waals surface area contributed by atoms with Crippen molar-refractivity contribution in [3.8, 4) is 21.8 Å². The number of esters is 1. The minimum absolute atomic E-state index is 0.348. The standard InChI is InChI=1S/C15H13N3O2S/c1-18-8-12(7-16-18)14-17-13(9-21-14)10-4-3-5-11(6-10)15(19)20-2/h3-9H,1-2H3. The van der Waals surface area contributed by atoms with E-state index >= 15 is 0 Å². The Morgan fingerprint density at radius 1 is 1.33 bits per heavy atom. The number of carbonyl (C=O) groups excluding carboxylic acids is 1. The predicted octanol–water partition coefficient (Wildman–Crippen LogP) is 3.00. The van der Waals surface area contributed by atoms with Crippen molar-refractivity contribution in [1.82, 2.24) is 14.8 Å². The van der Waals surface area contributed by atoms with Crippen molar-refractivity contribution in [2.75, 3.05) is 7.11 Å². The van der Waals surface area contributed by atoms with Crippen molar-refractivity contribution in [1.29, 1.82) is 0 Å². The Morgan fingerprint density at radius 3 is 2.90 bits per heavy atom. The summed E-state index contributed by atoms with van der Waals surface area (Å²) in [6.07, 6.45) is 3.71. The molecular formula is C15H13N3O2S. The second-order valence-electron chi connectivity index (χ2n) is 4.51. The second-order valence-corrected chi connectivity index (χ2v) is 5.37. The summed E-state index contributed by atoms with van der Waals surface area (Å²) in [6.45, 7) is 0. The first-order chi connectivity index (χ1) is 10.2. The molecule has 2 aromatic heterocycles. The fourth-order valence-electron chi connectivity index (χ4n) is 1.99. The smallest absolute Gasteiger partial charge is 0.337 e. The number of nitrogens with zero attached hydrogens (tertiary/aromatic N) is 3. The molecule has 106 valence electrons. The summed E-state index contributed by atoms with van der Waals surface area (Å²) in [7, 11) is 3.25. The van der Waals surface area contributed by atoms with Gasteiger partial charge < -0.3 is 4.74 Å². The summed E-state index contributed by atoms with van der Waals surface area (Å²) in [5.74, 6) is -0.348. The van der Waals surface area contributed by atoms with Gasteiger partial charge in [0.2, 0.25) is 0 Å². The Kier molecular flexibility index (Phi) is 3.53. The van der Waals surface area contributed by atoms with Crippen molar-refractivity contribution in [2.45, 2.75) is 0 Å². The van der Waals surface area contributed by atoms with Crippen LogP contribution < -0.4 is 0 Å². The van der Waals surface area contributed by atoms with E-state index in [4.69, 9.17) is 4.74 Å². The molecular weight excluding hydrogens is 286 g/mol. The molecule has 0 aliphatic carbocycles. The van der Waals surface area contributed by atoms with Crippen molar-refractivity contribution in [2.24, 2.45) is 7.05 Å². The van der Waals surface area contributed by atoms with Crippen LogP contribution in [-0.4, -0.2) is 27.8 Å². The molecule has 5 nitrogen and oxygen atoms in total. The molecule has 0 unspecified atom stereocenters. The van der Waals surface area contributed by atoms with E-state index in [2.05, 4.69) is 10.1 Å². The summed E-state index contributed by atoms with van der Waals surface area (Å²) in [6, 6.07) is 7.26. The van der Waals surface area contributed by atoms with Gasteiger partial charge in [-0.3, -0.25) is 4.68 Å². The maximum Gasteiger partial charge on any atom is 0.337 e. The monoisotopic (exact) mass is 299 g/mol. The third-order valence-electron chi connectivity index (χ3n) is 3.04. The lowest BCUT2D eigenvalue weighted by Crippen LogP contribution is -2.00. The first kappa shape index (κ1) is 13.5. The fourth-order valence-corrected chi connectivity index (χ4v) is 2.80. The summed E-state index contributed by atoms with van der Waals surface area (Å²) >= 11 is 1.55. The van der Waals surface area contributed by atoms with Gasteiger partial charge in [0.25, 0.3) is 0 Å². The Balaban J connectivity index is 1.95. The molecule has 0 atom stereocenters. The molecule has 2 heterocycles. The van der Waals surface area contributed by atoms with Gasteiger partial charge in [0.15, 0.2) is 0 Å². The van der Waals surface area contributed by atoms with Crippen molar-refractivity contribution in [3.63, 3.8) is 0 Å². The SMILES string of the molecule is COC(=O)c1cccc(-c2csc(-c3cnn(C)c3)n2)c1. The van der Waals surface area contributed by atoms with E-state index in [-0.39, 0.29) is 5.97 Å². The average molecular weight is 299 g/mol. The summed E-state index contributed by atoms with van der Waals surface area (Å²) < 4.78 is 6.48. The van der Waals surface area contributed by atoms with Crippen LogP contribution in [0.25, 0.3) is 21.8 Å². The van der Waals surface area contributed by atoms with Crippen LogP contribution >= 0.6 is 11.3 Å². The fraction of sp³-hybridized carbons (Fsp3) is 0.133. The van der Waals surface area contributed by atoms with Gasteiger partial charge in [-0.2, -0.15) is 5.10 Å². The van der Waals surface area contributed by atoms with Gasteiger partial charge in [-0.15, -0.1) is 11.3 Å². The first-order valence-corrected chi connectivity index (χ1v) is 7.18. The number of benzene rings is 1. The molecule has 0 bridgehead atoms. The van der Waals surface area contributed by atoms with Gasteiger partial charge >= 0.3 is 5.97 Å². The minimum atomic E-state index is -0.348. The Morgan fingerprint density at radius 2 is 2.19 bits per heavy atom.